The summed E-state index contributed by atoms with van der Waals surface area (Å²) in [5.74, 6) is -0.0268. The average Bonchev–Trinajstić information content (AvgIpc) is 2.86. The number of carbonyl (C=O) groups is 1. The van der Waals surface area contributed by atoms with E-state index >= 15 is 0 Å². The van der Waals surface area contributed by atoms with E-state index in [1.54, 1.807) is 6.92 Å². The van der Waals surface area contributed by atoms with E-state index in [0.717, 1.165) is 22.2 Å². The fraction of sp³-hybridized carbons (Fsp3) is 0.185. The van der Waals surface area contributed by atoms with Crippen LogP contribution in [0.5, 0.6) is 5.75 Å². The van der Waals surface area contributed by atoms with Crippen LogP contribution in [-0.2, 0) is 16.1 Å². The lowest BCUT2D eigenvalue weighted by Crippen LogP contribution is -2.34. The van der Waals surface area contributed by atoms with Crippen LogP contribution in [0.15, 0.2) is 91.0 Å². The molecule has 0 saturated heterocycles. The summed E-state index contributed by atoms with van der Waals surface area (Å²) in [6.45, 7) is 2.23. The van der Waals surface area contributed by atoms with Gasteiger partial charge in [-0.2, -0.15) is 0 Å². The summed E-state index contributed by atoms with van der Waals surface area (Å²) in [5, 5.41) is 15.0. The molecule has 0 radical (unpaired) electrons. The van der Waals surface area contributed by atoms with Gasteiger partial charge in [-0.1, -0.05) is 60.7 Å². The lowest BCUT2D eigenvalue weighted by atomic mass is 10.0. The predicted molar refractivity (Wildman–Crippen MR) is 128 cm³/mol. The Hall–Kier alpha value is -3.90. The fourth-order valence-electron chi connectivity index (χ4n) is 3.57. The minimum atomic E-state index is -1.36. The van der Waals surface area contributed by atoms with Gasteiger partial charge in [-0.15, -0.1) is 0 Å². The number of rotatable bonds is 9. The molecule has 33 heavy (non-hydrogen) atoms. The van der Waals surface area contributed by atoms with Crippen molar-refractivity contribution in [3.8, 4) is 5.75 Å². The molecule has 2 atom stereocenters. The standard InChI is InChI=1S/C27H26N2O4/c1-2-32-27(31)26(30)25(20-10-4-3-5-11-20)29-21-12-8-13-23(17-21)33-18-22-16-15-19-9-6-7-14-24(19)28-22/h3-17,25-26,29-30H,2,18H2,1H3. The molecule has 6 heteroatoms. The highest BCUT2D eigenvalue weighted by Gasteiger charge is 2.28. The molecule has 0 amide bonds. The van der Waals surface area contributed by atoms with E-state index in [-0.39, 0.29) is 6.61 Å². The first kappa shape index (κ1) is 22.3. The highest BCUT2D eigenvalue weighted by atomic mass is 16.5. The highest BCUT2D eigenvalue weighted by Crippen LogP contribution is 2.26. The van der Waals surface area contributed by atoms with Gasteiger partial charge < -0.3 is 19.9 Å². The van der Waals surface area contributed by atoms with E-state index in [4.69, 9.17) is 9.47 Å². The minimum Gasteiger partial charge on any atom is -0.487 e. The van der Waals surface area contributed by atoms with Gasteiger partial charge in [0.25, 0.3) is 0 Å². The second-order valence-corrected chi connectivity index (χ2v) is 7.54. The van der Waals surface area contributed by atoms with Crippen LogP contribution < -0.4 is 10.1 Å². The normalized spacial score (nSPS) is 12.7. The van der Waals surface area contributed by atoms with E-state index in [9.17, 15) is 9.90 Å². The SMILES string of the molecule is CCOC(=O)C(O)C(Nc1cccc(OCc2ccc3ccccc3n2)c1)c1ccccc1. The third-order valence-electron chi connectivity index (χ3n) is 5.20. The van der Waals surface area contributed by atoms with E-state index in [2.05, 4.69) is 10.3 Å². The van der Waals surface area contributed by atoms with Crippen molar-refractivity contribution in [2.24, 2.45) is 0 Å². The summed E-state index contributed by atoms with van der Waals surface area (Å²) in [6, 6.07) is 27.9. The number of carbonyl (C=O) groups excluding carboxylic acids is 1. The third kappa shape index (κ3) is 5.67. The largest absolute Gasteiger partial charge is 0.487 e. The number of aliphatic hydroxyl groups excluding tert-OH is 1. The summed E-state index contributed by atoms with van der Waals surface area (Å²) < 4.78 is 11.0. The Bertz CT molecular complexity index is 1210. The molecule has 0 fully saturated rings. The summed E-state index contributed by atoms with van der Waals surface area (Å²) >= 11 is 0. The Morgan fingerprint density at radius 3 is 2.58 bits per heavy atom. The molecule has 0 bridgehead atoms. The van der Waals surface area contributed by atoms with Crippen molar-refractivity contribution >= 4 is 22.6 Å². The van der Waals surface area contributed by atoms with Crippen LogP contribution in [0.25, 0.3) is 10.9 Å². The molecule has 0 saturated carbocycles. The van der Waals surface area contributed by atoms with Gasteiger partial charge in [0.05, 0.1) is 23.9 Å². The molecule has 6 nitrogen and oxygen atoms in total. The van der Waals surface area contributed by atoms with E-state index in [1.165, 1.54) is 0 Å². The van der Waals surface area contributed by atoms with E-state index < -0.39 is 18.1 Å². The van der Waals surface area contributed by atoms with Crippen LogP contribution in [0.1, 0.15) is 24.2 Å². The summed E-state index contributed by atoms with van der Waals surface area (Å²) in [4.78, 5) is 16.9. The van der Waals surface area contributed by atoms with Gasteiger partial charge >= 0.3 is 5.97 Å². The molecule has 2 N–H and O–H groups in total. The number of esters is 1. The van der Waals surface area contributed by atoms with Gasteiger partial charge in [-0.05, 0) is 36.8 Å². The number of aromatic nitrogens is 1. The zero-order chi connectivity index (χ0) is 23.0. The average molecular weight is 443 g/mol. The Labute approximate surface area is 192 Å². The van der Waals surface area contributed by atoms with Crippen molar-refractivity contribution in [2.45, 2.75) is 25.7 Å². The van der Waals surface area contributed by atoms with Crippen LogP contribution in [-0.4, -0.2) is 28.8 Å². The second kappa shape index (κ2) is 10.6. The molecule has 168 valence electrons. The molecule has 0 spiro atoms. The van der Waals surface area contributed by atoms with Crippen LogP contribution >= 0.6 is 0 Å². The van der Waals surface area contributed by atoms with Crippen molar-refractivity contribution in [2.75, 3.05) is 11.9 Å². The topological polar surface area (TPSA) is 80.7 Å². The maximum absolute atomic E-state index is 12.2. The number of aliphatic hydroxyl groups is 1. The number of hydrogen-bond donors (Lipinski definition) is 2. The van der Waals surface area contributed by atoms with Crippen LogP contribution in [0.2, 0.25) is 0 Å². The molecule has 0 aliphatic heterocycles. The lowest BCUT2D eigenvalue weighted by molar-refractivity contribution is -0.153. The highest BCUT2D eigenvalue weighted by molar-refractivity contribution is 5.78. The number of fused-ring (bicyclic) bond motifs is 1. The smallest absolute Gasteiger partial charge is 0.337 e. The summed E-state index contributed by atoms with van der Waals surface area (Å²) in [7, 11) is 0. The molecule has 1 heterocycles. The fourth-order valence-corrected chi connectivity index (χ4v) is 3.57. The molecule has 4 aromatic rings. The van der Waals surface area contributed by atoms with Gasteiger partial charge in [-0.3, -0.25) is 0 Å². The Balaban J connectivity index is 1.49. The number of para-hydroxylation sites is 1. The van der Waals surface area contributed by atoms with E-state index in [0.29, 0.717) is 18.0 Å². The molecule has 3 aromatic carbocycles. The van der Waals surface area contributed by atoms with Crippen LogP contribution in [0.3, 0.4) is 0 Å². The Kier molecular flexibility index (Phi) is 7.17. The molecule has 4 rings (SSSR count). The number of nitrogens with one attached hydrogen (secondary N) is 1. The first-order chi connectivity index (χ1) is 16.1. The maximum Gasteiger partial charge on any atom is 0.337 e. The number of benzene rings is 3. The molecule has 0 aliphatic rings. The second-order valence-electron chi connectivity index (χ2n) is 7.54. The monoisotopic (exact) mass is 442 g/mol. The molecule has 1 aromatic heterocycles. The van der Waals surface area contributed by atoms with Gasteiger partial charge in [0, 0.05) is 17.1 Å². The first-order valence-corrected chi connectivity index (χ1v) is 10.9. The van der Waals surface area contributed by atoms with Crippen molar-refractivity contribution in [1.82, 2.24) is 4.98 Å². The van der Waals surface area contributed by atoms with Crippen LogP contribution in [0.4, 0.5) is 5.69 Å². The third-order valence-corrected chi connectivity index (χ3v) is 5.20. The number of anilines is 1. The van der Waals surface area contributed by atoms with Gasteiger partial charge in [0.15, 0.2) is 6.10 Å². The first-order valence-electron chi connectivity index (χ1n) is 10.9. The maximum atomic E-state index is 12.2. The van der Waals surface area contributed by atoms with Gasteiger partial charge in [0.2, 0.25) is 0 Å². The summed E-state index contributed by atoms with van der Waals surface area (Å²) in [5.41, 5.74) is 3.22. The zero-order valence-electron chi connectivity index (χ0n) is 18.3. The van der Waals surface area contributed by atoms with Crippen molar-refractivity contribution in [3.63, 3.8) is 0 Å². The Morgan fingerprint density at radius 1 is 0.970 bits per heavy atom. The van der Waals surface area contributed by atoms with Gasteiger partial charge in [0.1, 0.15) is 12.4 Å². The molecule has 0 aliphatic carbocycles. The number of pyridine rings is 1. The van der Waals surface area contributed by atoms with Crippen molar-refractivity contribution < 1.29 is 19.4 Å². The number of nitrogens with zero attached hydrogens (tertiary/aromatic N) is 1. The quantitative estimate of drug-likeness (QED) is 0.359. The van der Waals surface area contributed by atoms with Gasteiger partial charge in [-0.25, -0.2) is 9.78 Å². The zero-order valence-corrected chi connectivity index (χ0v) is 18.3. The van der Waals surface area contributed by atoms with E-state index in [1.807, 2.05) is 91.0 Å². The Morgan fingerprint density at radius 2 is 1.76 bits per heavy atom. The minimum absolute atomic E-state index is 0.198. The molecular formula is C27H26N2O4. The molecule has 2 unspecified atom stereocenters. The lowest BCUT2D eigenvalue weighted by Gasteiger charge is -2.24. The van der Waals surface area contributed by atoms with Crippen molar-refractivity contribution in [3.05, 3.63) is 102 Å². The number of hydrogen-bond acceptors (Lipinski definition) is 6. The summed E-state index contributed by atoms with van der Waals surface area (Å²) in [6.07, 6.45) is -1.36. The van der Waals surface area contributed by atoms with Crippen molar-refractivity contribution in [1.29, 1.82) is 0 Å². The molecular weight excluding hydrogens is 416 g/mol. The predicted octanol–water partition coefficient (Wildman–Crippen LogP) is 4.89. The van der Waals surface area contributed by atoms with Crippen LogP contribution in [0, 0.1) is 0 Å². The number of ether oxygens (including phenoxy) is 2.